The first-order valence-corrected chi connectivity index (χ1v) is 30.2. The zero-order valence-corrected chi connectivity index (χ0v) is 46.3. The number of fused-ring (bicyclic) bond motifs is 24. The van der Waals surface area contributed by atoms with E-state index in [1.807, 2.05) is 56.9 Å². The minimum atomic E-state index is -0.144. The van der Waals surface area contributed by atoms with Gasteiger partial charge in [0, 0.05) is 104 Å². The molecule has 5 heterocycles. The lowest BCUT2D eigenvalue weighted by Gasteiger charge is -2.54. The molecule has 0 aromatic rings. The summed E-state index contributed by atoms with van der Waals surface area (Å²) in [5, 5.41) is 31.0. The molecule has 0 spiro atoms. The van der Waals surface area contributed by atoms with Gasteiger partial charge in [0.2, 0.25) is 0 Å². The summed E-state index contributed by atoms with van der Waals surface area (Å²) in [7, 11) is 15.8. The predicted octanol–water partition coefficient (Wildman–Crippen LogP) is 4.27. The molecule has 0 amide bonds. The van der Waals surface area contributed by atoms with Crippen LogP contribution in [0.25, 0.3) is 0 Å². The van der Waals surface area contributed by atoms with E-state index in [-0.39, 0.29) is 146 Å². The molecule has 8 aliphatic carbocycles. The van der Waals surface area contributed by atoms with Crippen molar-refractivity contribution in [2.75, 3.05) is 56.9 Å². The quantitative estimate of drug-likeness (QED) is 0.163. The minimum Gasteiger partial charge on any atom is -0.381 e. The number of hydrogen-bond acceptors (Lipinski definition) is 17. The zero-order chi connectivity index (χ0) is 50.0. The molecule has 32 atom stereocenters. The first-order valence-electron chi connectivity index (χ1n) is 29.8. The Bertz CT molecular complexity index is 1780. The van der Waals surface area contributed by atoms with E-state index >= 15 is 0 Å². The van der Waals surface area contributed by atoms with Crippen molar-refractivity contribution in [1.82, 2.24) is 41.5 Å². The van der Waals surface area contributed by atoms with Crippen LogP contribution in [0.15, 0.2) is 0 Å². The van der Waals surface area contributed by atoms with Gasteiger partial charge in [-0.2, -0.15) is 0 Å². The Kier molecular flexibility index (Phi) is 15.2. The minimum absolute atomic E-state index is 0.0420. The van der Waals surface area contributed by atoms with Gasteiger partial charge in [-0.3, -0.25) is 37.2 Å². The van der Waals surface area contributed by atoms with E-state index in [1.165, 1.54) is 89.9 Å². The molecule has 13 rings (SSSR count). The average Bonchev–Trinajstić information content (AvgIpc) is 4.15. The molecule has 7 N–H and O–H groups in total. The van der Waals surface area contributed by atoms with E-state index < -0.39 is 0 Å². The highest BCUT2D eigenvalue weighted by Gasteiger charge is 2.69. The van der Waals surface area contributed by atoms with Crippen LogP contribution in [0.2, 0.25) is 0 Å². The van der Waals surface area contributed by atoms with Gasteiger partial charge in [-0.15, -0.1) is 0 Å². The number of methoxy groups -OCH3 is 8. The summed E-state index contributed by atoms with van der Waals surface area (Å²) in [5.74, 6) is 4.40. The van der Waals surface area contributed by atoms with Gasteiger partial charge in [0.25, 0.3) is 0 Å². The van der Waals surface area contributed by atoms with Crippen LogP contribution in [0, 0.1) is 94.7 Å². The van der Waals surface area contributed by atoms with Crippen LogP contribution in [0.3, 0.4) is 0 Å². The van der Waals surface area contributed by atoms with Crippen molar-refractivity contribution in [2.45, 2.75) is 201 Å². The Morgan fingerprint density at radius 2 is 0.425 bits per heavy atom. The Morgan fingerprint density at radius 1 is 0.260 bits per heavy atom. The third-order valence-corrected chi connectivity index (χ3v) is 24.5. The summed E-state index contributed by atoms with van der Waals surface area (Å²) in [6.45, 7) is 0. The lowest BCUT2D eigenvalue weighted by Crippen LogP contribution is -2.63. The highest BCUT2D eigenvalue weighted by Crippen LogP contribution is 2.59. The Balaban J connectivity index is 0.973. The molecule has 5 saturated heterocycles. The summed E-state index contributed by atoms with van der Waals surface area (Å²) in [5.41, 5.74) is 0. The SMILES string of the molecule is COC1C2CCCCC2C(OC)C2C3NC(NC4NC(NC5C6C(OC)C7CCCCC7C(OC)C6C(NC6NC(N3)C3C(OC)C7CCCCC7C(OC)C63)N5S)C3C(OC)C5CCCCC5C(OC)C43)C12. The fourth-order valence-electron chi connectivity index (χ4n) is 21.8. The van der Waals surface area contributed by atoms with Gasteiger partial charge in [0.15, 0.2) is 0 Å². The van der Waals surface area contributed by atoms with Crippen molar-refractivity contribution in [2.24, 2.45) is 94.7 Å². The highest BCUT2D eigenvalue weighted by atomic mass is 32.1. The maximum absolute atomic E-state index is 6.90. The summed E-state index contributed by atoms with van der Waals surface area (Å²) < 4.78 is 57.5. The first kappa shape index (κ1) is 52.1. The second-order valence-corrected chi connectivity index (χ2v) is 26.4. The lowest BCUT2D eigenvalue weighted by atomic mass is 9.58. The molecule has 16 nitrogen and oxygen atoms in total. The van der Waals surface area contributed by atoms with E-state index in [1.54, 1.807) is 0 Å². The molecule has 73 heavy (non-hydrogen) atoms. The molecule has 17 heteroatoms. The zero-order valence-electron chi connectivity index (χ0n) is 45.4. The van der Waals surface area contributed by atoms with Gasteiger partial charge in [0.1, 0.15) is 0 Å². The van der Waals surface area contributed by atoms with Gasteiger partial charge in [-0.05, 0) is 98.7 Å². The van der Waals surface area contributed by atoms with Gasteiger partial charge in [-0.25, -0.2) is 4.31 Å². The number of nitrogens with one attached hydrogen (secondary N) is 7. The van der Waals surface area contributed by atoms with Crippen LogP contribution in [0.1, 0.15) is 103 Å². The molecule has 5 aliphatic heterocycles. The number of ether oxygens (including phenoxy) is 8. The van der Waals surface area contributed by atoms with E-state index in [0.717, 1.165) is 12.8 Å². The topological polar surface area (TPSA) is 161 Å². The predicted molar refractivity (Wildman–Crippen MR) is 279 cm³/mol. The van der Waals surface area contributed by atoms with Crippen molar-refractivity contribution < 1.29 is 37.9 Å². The molecular formula is C56H96N8O8S. The molecule has 13 fully saturated rings. The van der Waals surface area contributed by atoms with Gasteiger partial charge in [-0.1, -0.05) is 64.2 Å². The molecule has 0 radical (unpaired) electrons. The number of nitrogens with zero attached hydrogens (tertiary/aromatic N) is 1. The highest BCUT2D eigenvalue weighted by molar-refractivity contribution is 7.77. The summed E-state index contributed by atoms with van der Waals surface area (Å²) >= 11 is 5.78. The smallest absolute Gasteiger partial charge is 0.0781 e. The van der Waals surface area contributed by atoms with Gasteiger partial charge in [0.05, 0.1) is 98.2 Å². The average molecular weight is 1040 g/mol. The lowest BCUT2D eigenvalue weighted by molar-refractivity contribution is -0.165. The molecule has 8 bridgehead atoms. The molecule has 0 aromatic carbocycles. The van der Waals surface area contributed by atoms with Crippen LogP contribution >= 0.6 is 12.8 Å². The number of rotatable bonds is 8. The molecule has 13 aliphatic rings. The summed E-state index contributed by atoms with van der Waals surface area (Å²) in [6.07, 6.45) is 19.0. The second-order valence-electron chi connectivity index (χ2n) is 26.0. The van der Waals surface area contributed by atoms with E-state index in [4.69, 9.17) is 50.7 Å². The Hall–Kier alpha value is -0.290. The van der Waals surface area contributed by atoms with E-state index in [0.29, 0.717) is 47.3 Å². The first-order chi connectivity index (χ1) is 35.8. The van der Waals surface area contributed by atoms with Crippen LogP contribution in [0.4, 0.5) is 0 Å². The molecule has 0 aromatic heterocycles. The van der Waals surface area contributed by atoms with Crippen LogP contribution < -0.4 is 37.2 Å². The maximum Gasteiger partial charge on any atom is 0.0781 e. The third-order valence-electron chi connectivity index (χ3n) is 24.0. The molecular weight excluding hydrogens is 945 g/mol. The monoisotopic (exact) mass is 1040 g/mol. The number of thiol groups is 1. The van der Waals surface area contributed by atoms with E-state index in [2.05, 4.69) is 41.5 Å². The third kappa shape index (κ3) is 8.08. The molecule has 414 valence electrons. The fraction of sp³-hybridized carbons (Fsp3) is 1.00. The molecule has 32 unspecified atom stereocenters. The maximum atomic E-state index is 6.90. The standard InChI is InChI=1S/C56H96N8O8S/c1-65-41-25-17-9-10-18-26(25)42(66-2)34-33(41)49-57-50(34)59-52-36-38(46(70-6)30-22-14-12-20-28(30)44(36)68-4)54(61-52)63-56-40-39(47(71-7)31-23-15-16-24-32(31)48(40)72-8)55(64(56)73)62-53-37-35(51(58-49)60-53)43(67-3)27-19-11-13-21-29(27)45(37)69-5/h25-63,73H,9-24H2,1-8H3. The van der Waals surface area contributed by atoms with Crippen LogP contribution in [-0.4, -0.2) is 159 Å². The summed E-state index contributed by atoms with van der Waals surface area (Å²) in [4.78, 5) is 0. The Labute approximate surface area is 443 Å². The number of hydrogen-bond donors (Lipinski definition) is 8. The van der Waals surface area contributed by atoms with E-state index in [9.17, 15) is 0 Å². The largest absolute Gasteiger partial charge is 0.381 e. The Morgan fingerprint density at radius 3 is 0.603 bits per heavy atom. The van der Waals surface area contributed by atoms with Crippen molar-refractivity contribution in [1.29, 1.82) is 0 Å². The summed E-state index contributed by atoms with van der Waals surface area (Å²) in [6, 6.07) is 0. The normalized spacial score (nSPS) is 57.3. The van der Waals surface area contributed by atoms with Gasteiger partial charge >= 0.3 is 0 Å². The van der Waals surface area contributed by atoms with Crippen molar-refractivity contribution in [3.63, 3.8) is 0 Å². The van der Waals surface area contributed by atoms with Crippen molar-refractivity contribution in [3.05, 3.63) is 0 Å². The van der Waals surface area contributed by atoms with Crippen LogP contribution in [-0.2, 0) is 37.9 Å². The van der Waals surface area contributed by atoms with Crippen molar-refractivity contribution >= 4 is 12.8 Å². The second kappa shape index (κ2) is 21.3. The fourth-order valence-corrected chi connectivity index (χ4v) is 22.3. The van der Waals surface area contributed by atoms with Crippen molar-refractivity contribution in [3.8, 4) is 0 Å². The van der Waals surface area contributed by atoms with Crippen LogP contribution in [0.5, 0.6) is 0 Å². The molecule has 8 saturated carbocycles. The van der Waals surface area contributed by atoms with Gasteiger partial charge < -0.3 is 37.9 Å².